The minimum absolute atomic E-state index is 3.73. The largest absolute Gasteiger partial charge is 0.435 e. The summed E-state index contributed by atoms with van der Waals surface area (Å²) in [5, 5.41) is -7.68. The van der Waals surface area contributed by atoms with Crippen LogP contribution in [0.3, 0.4) is 0 Å². The summed E-state index contributed by atoms with van der Waals surface area (Å²) in [6, 6.07) is 0. The summed E-state index contributed by atoms with van der Waals surface area (Å²) >= 11 is -4.33. The first kappa shape index (κ1) is 12.7. The van der Waals surface area contributed by atoms with Crippen molar-refractivity contribution in [3.05, 3.63) is 0 Å². The third kappa shape index (κ3) is 1.98. The lowest BCUT2D eigenvalue weighted by molar-refractivity contribution is -0.0972. The number of primary sulfonamides is 1. The van der Waals surface area contributed by atoms with Crippen LogP contribution in [0.2, 0.25) is 0 Å². The van der Waals surface area contributed by atoms with Gasteiger partial charge in [-0.25, -0.2) is 17.8 Å². The van der Waals surface area contributed by atoms with E-state index in [0.717, 1.165) is 0 Å². The van der Waals surface area contributed by atoms with Crippen molar-refractivity contribution in [3.8, 4) is 0 Å². The van der Waals surface area contributed by atoms with E-state index in [1.54, 1.807) is 0 Å². The van der Waals surface area contributed by atoms with E-state index in [1.165, 1.54) is 0 Å². The van der Waals surface area contributed by atoms with E-state index >= 15 is 0 Å². The molecule has 0 aromatic rings. The summed E-state index contributed by atoms with van der Waals surface area (Å²) in [5.41, 5.74) is 0. The smallest absolute Gasteiger partial charge is 0.301 e. The van der Waals surface area contributed by atoms with Crippen LogP contribution >= 0.6 is 0 Å². The van der Waals surface area contributed by atoms with E-state index in [-0.39, 0.29) is 0 Å². The zero-order valence-electron chi connectivity index (χ0n) is 5.58. The second-order valence-corrected chi connectivity index (χ2v) is 4.44. The van der Waals surface area contributed by atoms with Crippen molar-refractivity contribution in [2.24, 2.45) is 5.14 Å². The molecular weight excluding hydrogens is 242 g/mol. The molecule has 1 unspecified atom stereocenters. The van der Waals surface area contributed by atoms with Crippen molar-refractivity contribution >= 4 is 21.1 Å². The van der Waals surface area contributed by atoms with E-state index in [0.29, 0.717) is 0 Å². The molecule has 5 nitrogen and oxygen atoms in total. The normalized spacial score (nSPS) is 17.1. The highest BCUT2D eigenvalue weighted by Crippen LogP contribution is 2.39. The predicted octanol–water partition coefficient (Wildman–Crippen LogP) is -0.318. The first-order chi connectivity index (χ1) is 5.44. The van der Waals surface area contributed by atoms with Crippen LogP contribution in [0.1, 0.15) is 0 Å². The summed E-state index contributed by atoms with van der Waals surface area (Å²) < 4.78 is 85.6. The van der Waals surface area contributed by atoms with Gasteiger partial charge in [0.1, 0.15) is 0 Å². The minimum atomic E-state index is -5.94. The highest BCUT2D eigenvalue weighted by molar-refractivity contribution is 7.91. The minimum Gasteiger partial charge on any atom is -0.301 e. The lowest BCUT2D eigenvalue weighted by atomic mass is 10.7. The Morgan fingerprint density at radius 2 is 1.54 bits per heavy atom. The molecule has 0 bridgehead atoms. The van der Waals surface area contributed by atoms with Crippen molar-refractivity contribution < 1.29 is 34.7 Å². The second-order valence-electron chi connectivity index (χ2n) is 1.83. The lowest BCUT2D eigenvalue weighted by Crippen LogP contribution is -2.52. The molecule has 0 saturated heterocycles. The maximum Gasteiger partial charge on any atom is 0.435 e. The fourth-order valence-electron chi connectivity index (χ4n) is 0.267. The quantitative estimate of drug-likeness (QED) is 0.526. The van der Waals surface area contributed by atoms with Gasteiger partial charge in [-0.3, -0.25) is 0 Å². The van der Waals surface area contributed by atoms with Gasteiger partial charge in [-0.2, -0.15) is 17.6 Å². The van der Waals surface area contributed by atoms with Crippen LogP contribution in [-0.2, 0) is 21.1 Å². The monoisotopic (exact) mass is 245 g/mol. The standard InChI is InChI=1S/C2H3F4NO4S2/c3-1(4,12(8)9)2(5,6)13(7,10)11/h(H,8,9)(H2,7,10,11). The zero-order valence-corrected chi connectivity index (χ0v) is 7.21. The third-order valence-corrected chi connectivity index (χ3v) is 2.71. The highest BCUT2D eigenvalue weighted by atomic mass is 32.2. The van der Waals surface area contributed by atoms with Gasteiger partial charge in [-0.05, 0) is 0 Å². The van der Waals surface area contributed by atoms with Crippen LogP contribution in [0.15, 0.2) is 0 Å². The molecular formula is C2H3F4NO4S2. The molecule has 0 saturated carbocycles. The lowest BCUT2D eigenvalue weighted by Gasteiger charge is -2.20. The summed E-state index contributed by atoms with van der Waals surface area (Å²) in [4.78, 5) is 0. The van der Waals surface area contributed by atoms with E-state index in [4.69, 9.17) is 4.55 Å². The summed E-state index contributed by atoms with van der Waals surface area (Å²) in [6.45, 7) is 0. The first-order valence-electron chi connectivity index (χ1n) is 2.33. The van der Waals surface area contributed by atoms with Crippen LogP contribution in [0.25, 0.3) is 0 Å². The molecule has 0 spiro atoms. The zero-order chi connectivity index (χ0) is 11.1. The van der Waals surface area contributed by atoms with Crippen LogP contribution in [0, 0.1) is 0 Å². The van der Waals surface area contributed by atoms with Gasteiger partial charge >= 0.3 is 10.5 Å². The molecule has 0 heterocycles. The number of hydrogen-bond donors (Lipinski definition) is 2. The highest BCUT2D eigenvalue weighted by Gasteiger charge is 2.68. The fraction of sp³-hybridized carbons (Fsp3) is 1.00. The van der Waals surface area contributed by atoms with Crippen molar-refractivity contribution in [2.75, 3.05) is 0 Å². The van der Waals surface area contributed by atoms with Gasteiger partial charge in [-0.15, -0.1) is 0 Å². The second kappa shape index (κ2) is 3.15. The number of sulfonamides is 1. The van der Waals surface area contributed by atoms with Gasteiger partial charge in [0.25, 0.3) is 10.0 Å². The average Bonchev–Trinajstić information content (AvgIpc) is 1.84. The van der Waals surface area contributed by atoms with Gasteiger partial charge in [0.2, 0.25) is 11.1 Å². The van der Waals surface area contributed by atoms with Crippen LogP contribution in [-0.4, -0.2) is 27.7 Å². The molecule has 0 amide bonds. The molecule has 3 N–H and O–H groups in total. The van der Waals surface area contributed by atoms with Crippen molar-refractivity contribution in [1.82, 2.24) is 0 Å². The summed E-state index contributed by atoms with van der Waals surface area (Å²) in [7, 11) is -5.94. The van der Waals surface area contributed by atoms with Crippen molar-refractivity contribution in [3.63, 3.8) is 0 Å². The fourth-order valence-corrected chi connectivity index (χ4v) is 1.36. The number of nitrogens with two attached hydrogens (primary N) is 1. The Labute approximate surface area is 72.2 Å². The molecule has 0 aliphatic carbocycles. The number of halogens is 4. The van der Waals surface area contributed by atoms with E-state index in [9.17, 15) is 30.2 Å². The number of rotatable bonds is 3. The molecule has 0 rings (SSSR count). The van der Waals surface area contributed by atoms with Crippen LogP contribution < -0.4 is 5.14 Å². The van der Waals surface area contributed by atoms with Crippen molar-refractivity contribution in [2.45, 2.75) is 10.5 Å². The summed E-state index contributed by atoms with van der Waals surface area (Å²) in [6.07, 6.45) is 0. The SMILES string of the molecule is NS(=O)(=O)C(F)(F)C(F)(F)S(=O)O. The Bertz CT molecular complexity index is 323. The van der Waals surface area contributed by atoms with E-state index in [2.05, 4.69) is 5.14 Å². The Morgan fingerprint density at radius 1 is 1.23 bits per heavy atom. The van der Waals surface area contributed by atoms with Gasteiger partial charge in [0.05, 0.1) is 0 Å². The van der Waals surface area contributed by atoms with Gasteiger partial charge in [0, 0.05) is 0 Å². The van der Waals surface area contributed by atoms with Gasteiger partial charge in [0.15, 0.2) is 0 Å². The first-order valence-corrected chi connectivity index (χ1v) is 4.99. The Hall–Kier alpha value is -0.260. The molecule has 80 valence electrons. The van der Waals surface area contributed by atoms with Gasteiger partial charge in [-0.1, -0.05) is 0 Å². The molecule has 0 fully saturated rings. The van der Waals surface area contributed by atoms with Crippen molar-refractivity contribution in [1.29, 1.82) is 0 Å². The third-order valence-electron chi connectivity index (χ3n) is 0.915. The Morgan fingerprint density at radius 3 is 1.62 bits per heavy atom. The Kier molecular flexibility index (Phi) is 3.09. The maximum atomic E-state index is 12.1. The number of alkyl halides is 4. The molecule has 0 aromatic carbocycles. The summed E-state index contributed by atoms with van der Waals surface area (Å²) in [5.74, 6) is 0. The van der Waals surface area contributed by atoms with Crippen LogP contribution in [0.5, 0.6) is 0 Å². The molecule has 0 aliphatic heterocycles. The average molecular weight is 245 g/mol. The van der Waals surface area contributed by atoms with Crippen LogP contribution in [0.4, 0.5) is 17.6 Å². The number of hydrogen-bond acceptors (Lipinski definition) is 3. The Balaban J connectivity index is 5.42. The maximum absolute atomic E-state index is 12.1. The molecule has 11 heteroatoms. The molecule has 1 atom stereocenters. The topological polar surface area (TPSA) is 97.5 Å². The molecule has 0 aromatic heterocycles. The van der Waals surface area contributed by atoms with E-state index < -0.39 is 31.6 Å². The molecule has 0 radical (unpaired) electrons. The van der Waals surface area contributed by atoms with Gasteiger partial charge < -0.3 is 4.55 Å². The van der Waals surface area contributed by atoms with E-state index in [1.807, 2.05) is 0 Å². The molecule has 0 aliphatic rings. The predicted molar refractivity (Wildman–Crippen MR) is 33.8 cm³/mol. The molecule has 13 heavy (non-hydrogen) atoms.